The number of hydrogen-bond donors (Lipinski definition) is 1. The van der Waals surface area contributed by atoms with E-state index in [1.165, 1.54) is 0 Å². The van der Waals surface area contributed by atoms with Crippen molar-refractivity contribution in [1.29, 1.82) is 0 Å². The molecule has 2 heterocycles. The van der Waals surface area contributed by atoms with Crippen LogP contribution in [-0.4, -0.2) is 24.0 Å². The van der Waals surface area contributed by atoms with Crippen LogP contribution in [0.1, 0.15) is 24.1 Å². The van der Waals surface area contributed by atoms with Crippen molar-refractivity contribution in [3.63, 3.8) is 0 Å². The van der Waals surface area contributed by atoms with Crippen LogP contribution < -0.4 is 15.4 Å². The number of carbonyl (C=O) groups excluding carboxylic acids is 1. The highest BCUT2D eigenvalue weighted by Gasteiger charge is 2.30. The Morgan fingerprint density at radius 2 is 2.12 bits per heavy atom. The van der Waals surface area contributed by atoms with Crippen molar-refractivity contribution in [2.24, 2.45) is 5.73 Å². The number of rotatable bonds is 5. The number of unbranched alkanes of at least 4 members (excludes halogenated alkanes) is 1. The molecule has 5 heteroatoms. The summed E-state index contributed by atoms with van der Waals surface area (Å²) < 4.78 is 5.84. The number of ether oxygens (including phenoxy) is 1. The van der Waals surface area contributed by atoms with E-state index in [0.717, 1.165) is 24.1 Å². The Morgan fingerprint density at radius 1 is 1.25 bits per heavy atom. The average Bonchev–Trinajstić information content (AvgIpc) is 2.59. The molecule has 2 N–H and O–H groups in total. The summed E-state index contributed by atoms with van der Waals surface area (Å²) in [7, 11) is 0. The summed E-state index contributed by atoms with van der Waals surface area (Å²) in [6.45, 7) is 3.24. The zero-order valence-corrected chi connectivity index (χ0v) is 13.7. The van der Waals surface area contributed by atoms with E-state index in [1.807, 2.05) is 43.3 Å². The Hall–Kier alpha value is -2.66. The molecule has 0 atom stereocenters. The van der Waals surface area contributed by atoms with Gasteiger partial charge in [0.15, 0.2) is 11.5 Å². The van der Waals surface area contributed by atoms with E-state index in [0.29, 0.717) is 24.5 Å². The number of aryl methyl sites for hydroxylation is 1. The highest BCUT2D eigenvalue weighted by atomic mass is 16.5. The van der Waals surface area contributed by atoms with Crippen LogP contribution in [-0.2, 0) is 4.79 Å². The van der Waals surface area contributed by atoms with E-state index < -0.39 is 0 Å². The summed E-state index contributed by atoms with van der Waals surface area (Å²) in [6, 6.07) is 11.4. The summed E-state index contributed by atoms with van der Waals surface area (Å²) in [5.41, 5.74) is 8.18. The molecule has 24 heavy (non-hydrogen) atoms. The van der Waals surface area contributed by atoms with E-state index in [1.54, 1.807) is 17.2 Å². The van der Waals surface area contributed by atoms with Gasteiger partial charge in [-0.2, -0.15) is 0 Å². The maximum Gasteiger partial charge on any atom is 0.294 e. The van der Waals surface area contributed by atoms with Crippen LogP contribution >= 0.6 is 0 Å². The van der Waals surface area contributed by atoms with Crippen molar-refractivity contribution in [2.45, 2.75) is 19.8 Å². The first kappa shape index (κ1) is 16.2. The highest BCUT2D eigenvalue weighted by Crippen LogP contribution is 2.36. The fraction of sp³-hybridized carbons (Fsp3) is 0.263. The molecule has 0 aliphatic carbocycles. The van der Waals surface area contributed by atoms with Crippen LogP contribution in [0.2, 0.25) is 0 Å². The minimum atomic E-state index is -0.143. The average molecular weight is 323 g/mol. The van der Waals surface area contributed by atoms with E-state index in [4.69, 9.17) is 10.5 Å². The molecule has 3 rings (SSSR count). The topological polar surface area (TPSA) is 68.5 Å². The van der Waals surface area contributed by atoms with Gasteiger partial charge in [-0.05, 0) is 56.1 Å². The van der Waals surface area contributed by atoms with E-state index in [9.17, 15) is 4.79 Å². The van der Waals surface area contributed by atoms with Gasteiger partial charge in [0.05, 0.1) is 11.4 Å². The van der Waals surface area contributed by atoms with Gasteiger partial charge in [0.25, 0.3) is 5.91 Å². The summed E-state index contributed by atoms with van der Waals surface area (Å²) in [5, 5.41) is 0. The second-order valence-corrected chi connectivity index (χ2v) is 5.79. The largest absolute Gasteiger partial charge is 0.449 e. The van der Waals surface area contributed by atoms with E-state index in [-0.39, 0.29) is 11.7 Å². The van der Waals surface area contributed by atoms with Crippen LogP contribution in [0.25, 0.3) is 6.08 Å². The molecule has 0 unspecified atom stereocenters. The standard InChI is InChI=1S/C19H21N3O2/c1-14-7-8-17-16(12-14)22(11-5-3-9-20)19(23)18(24-17)13-15-6-2-4-10-21-15/h2,4,6-8,10,12-13H,3,5,9,11,20H2,1H3/b18-13+. The molecule has 0 saturated carbocycles. The van der Waals surface area contributed by atoms with Gasteiger partial charge in [0, 0.05) is 18.8 Å². The predicted molar refractivity (Wildman–Crippen MR) is 94.7 cm³/mol. The molecule has 1 aliphatic rings. The number of aromatic nitrogens is 1. The predicted octanol–water partition coefficient (Wildman–Crippen LogP) is 2.90. The molecule has 0 fully saturated rings. The molecule has 2 aromatic rings. The summed E-state index contributed by atoms with van der Waals surface area (Å²) in [4.78, 5) is 18.9. The summed E-state index contributed by atoms with van der Waals surface area (Å²) in [5.74, 6) is 0.837. The van der Waals surface area contributed by atoms with Crippen molar-refractivity contribution in [3.8, 4) is 5.75 Å². The maximum atomic E-state index is 12.9. The van der Waals surface area contributed by atoms with E-state index >= 15 is 0 Å². The van der Waals surface area contributed by atoms with Gasteiger partial charge in [-0.3, -0.25) is 9.78 Å². The third-order valence-corrected chi connectivity index (χ3v) is 3.88. The Morgan fingerprint density at radius 3 is 2.88 bits per heavy atom. The first-order chi connectivity index (χ1) is 11.7. The van der Waals surface area contributed by atoms with Crippen molar-refractivity contribution in [2.75, 3.05) is 18.0 Å². The molecule has 1 aliphatic heterocycles. The normalized spacial score (nSPS) is 15.3. The molecule has 0 spiro atoms. The van der Waals surface area contributed by atoms with Crippen LogP contribution in [0.15, 0.2) is 48.4 Å². The zero-order chi connectivity index (χ0) is 16.9. The second kappa shape index (κ2) is 7.27. The van der Waals surface area contributed by atoms with E-state index in [2.05, 4.69) is 4.98 Å². The van der Waals surface area contributed by atoms with Gasteiger partial charge in [0.2, 0.25) is 0 Å². The first-order valence-corrected chi connectivity index (χ1v) is 8.12. The smallest absolute Gasteiger partial charge is 0.294 e. The number of pyridine rings is 1. The lowest BCUT2D eigenvalue weighted by Gasteiger charge is -2.30. The molecular formula is C19H21N3O2. The van der Waals surface area contributed by atoms with Gasteiger partial charge in [-0.25, -0.2) is 0 Å². The fourth-order valence-electron chi connectivity index (χ4n) is 2.65. The molecule has 1 aromatic carbocycles. The zero-order valence-electron chi connectivity index (χ0n) is 13.7. The molecular weight excluding hydrogens is 302 g/mol. The van der Waals surface area contributed by atoms with Gasteiger partial charge < -0.3 is 15.4 Å². The number of benzene rings is 1. The number of nitrogens with zero attached hydrogens (tertiary/aromatic N) is 2. The molecule has 5 nitrogen and oxygen atoms in total. The fourth-order valence-corrected chi connectivity index (χ4v) is 2.65. The monoisotopic (exact) mass is 323 g/mol. The Kier molecular flexibility index (Phi) is 4.91. The lowest BCUT2D eigenvalue weighted by atomic mass is 10.1. The van der Waals surface area contributed by atoms with Crippen molar-refractivity contribution >= 4 is 17.7 Å². The van der Waals surface area contributed by atoms with Crippen molar-refractivity contribution in [1.82, 2.24) is 4.98 Å². The van der Waals surface area contributed by atoms with Gasteiger partial charge in [0.1, 0.15) is 0 Å². The van der Waals surface area contributed by atoms with Crippen LogP contribution in [0.4, 0.5) is 5.69 Å². The Labute approximate surface area is 141 Å². The number of fused-ring (bicyclic) bond motifs is 1. The lowest BCUT2D eigenvalue weighted by molar-refractivity contribution is -0.117. The molecule has 0 bridgehead atoms. The SMILES string of the molecule is Cc1ccc2c(c1)N(CCCCN)C(=O)/C(=C\c1ccccn1)O2. The first-order valence-electron chi connectivity index (χ1n) is 8.12. The Balaban J connectivity index is 1.96. The minimum Gasteiger partial charge on any atom is -0.449 e. The number of nitrogens with two attached hydrogens (primary N) is 1. The highest BCUT2D eigenvalue weighted by molar-refractivity contribution is 6.09. The van der Waals surface area contributed by atoms with Crippen molar-refractivity contribution < 1.29 is 9.53 Å². The van der Waals surface area contributed by atoms with Gasteiger partial charge in [-0.1, -0.05) is 12.1 Å². The van der Waals surface area contributed by atoms with Crippen LogP contribution in [0, 0.1) is 6.92 Å². The van der Waals surface area contributed by atoms with Gasteiger partial charge >= 0.3 is 0 Å². The third kappa shape index (κ3) is 3.46. The molecule has 124 valence electrons. The summed E-state index contributed by atoms with van der Waals surface area (Å²) in [6.07, 6.45) is 5.11. The molecule has 0 saturated heterocycles. The minimum absolute atomic E-state index is 0.143. The summed E-state index contributed by atoms with van der Waals surface area (Å²) >= 11 is 0. The molecule has 0 radical (unpaired) electrons. The third-order valence-electron chi connectivity index (χ3n) is 3.88. The maximum absolute atomic E-state index is 12.9. The second-order valence-electron chi connectivity index (χ2n) is 5.79. The quantitative estimate of drug-likeness (QED) is 0.678. The van der Waals surface area contributed by atoms with Crippen LogP contribution in [0.3, 0.4) is 0 Å². The Bertz CT molecular complexity index is 756. The number of carbonyl (C=O) groups is 1. The van der Waals surface area contributed by atoms with Crippen LogP contribution in [0.5, 0.6) is 5.75 Å². The number of anilines is 1. The molecule has 1 amide bonds. The lowest BCUT2D eigenvalue weighted by Crippen LogP contribution is -2.38. The number of hydrogen-bond acceptors (Lipinski definition) is 4. The van der Waals surface area contributed by atoms with Crippen molar-refractivity contribution in [3.05, 3.63) is 59.6 Å². The number of amides is 1. The molecule has 1 aromatic heterocycles. The van der Waals surface area contributed by atoms with Gasteiger partial charge in [-0.15, -0.1) is 0 Å².